The smallest absolute Gasteiger partial charge is 0.123 e. The minimum atomic E-state index is -0.127. The van der Waals surface area contributed by atoms with Gasteiger partial charge in [-0.25, -0.2) is 4.39 Å². The summed E-state index contributed by atoms with van der Waals surface area (Å²) in [5, 5.41) is 3.67. The summed E-state index contributed by atoms with van der Waals surface area (Å²) >= 11 is 0. The molecule has 1 aromatic rings. The fourth-order valence-electron chi connectivity index (χ4n) is 2.87. The van der Waals surface area contributed by atoms with Crippen molar-refractivity contribution >= 4 is 0 Å². The van der Waals surface area contributed by atoms with E-state index in [0.717, 1.165) is 24.4 Å². The van der Waals surface area contributed by atoms with E-state index in [1.165, 1.54) is 37.7 Å². The van der Waals surface area contributed by atoms with Crippen LogP contribution in [-0.4, -0.2) is 12.6 Å². The van der Waals surface area contributed by atoms with Gasteiger partial charge in [-0.05, 0) is 61.9 Å². The number of nitrogens with one attached hydrogen (secondary N) is 1. The van der Waals surface area contributed by atoms with Crippen LogP contribution in [0.5, 0.6) is 0 Å². The van der Waals surface area contributed by atoms with E-state index in [1.807, 2.05) is 13.0 Å². The van der Waals surface area contributed by atoms with Gasteiger partial charge in [-0.2, -0.15) is 0 Å². The van der Waals surface area contributed by atoms with Crippen molar-refractivity contribution in [2.45, 2.75) is 58.4 Å². The van der Waals surface area contributed by atoms with Gasteiger partial charge in [-0.15, -0.1) is 0 Å². The van der Waals surface area contributed by atoms with E-state index < -0.39 is 0 Å². The molecule has 0 bridgehead atoms. The molecule has 0 amide bonds. The Bertz CT molecular complexity index is 398. The molecule has 1 N–H and O–H groups in total. The fraction of sp³-hybridized carbons (Fsp3) is 0.647. The van der Waals surface area contributed by atoms with Gasteiger partial charge < -0.3 is 5.32 Å². The fourth-order valence-corrected chi connectivity index (χ4v) is 2.87. The molecule has 1 aromatic carbocycles. The van der Waals surface area contributed by atoms with Crippen molar-refractivity contribution in [3.63, 3.8) is 0 Å². The predicted molar refractivity (Wildman–Crippen MR) is 78.9 cm³/mol. The first-order valence-corrected chi connectivity index (χ1v) is 7.67. The van der Waals surface area contributed by atoms with E-state index in [2.05, 4.69) is 12.2 Å². The normalized spacial score (nSPS) is 17.2. The number of hydrogen-bond donors (Lipinski definition) is 1. The summed E-state index contributed by atoms with van der Waals surface area (Å²) in [6.45, 7) is 5.30. The van der Waals surface area contributed by atoms with Gasteiger partial charge in [0.25, 0.3) is 0 Å². The van der Waals surface area contributed by atoms with Crippen LogP contribution in [0.2, 0.25) is 0 Å². The van der Waals surface area contributed by atoms with Crippen molar-refractivity contribution in [2.75, 3.05) is 6.54 Å². The number of halogens is 1. The molecule has 1 aliphatic carbocycles. The average molecular weight is 263 g/mol. The molecule has 106 valence electrons. The molecule has 1 fully saturated rings. The van der Waals surface area contributed by atoms with Gasteiger partial charge in [0.05, 0.1) is 0 Å². The van der Waals surface area contributed by atoms with Crippen molar-refractivity contribution in [3.05, 3.63) is 35.1 Å². The Balaban J connectivity index is 1.96. The highest BCUT2D eigenvalue weighted by Gasteiger charge is 2.22. The molecule has 19 heavy (non-hydrogen) atoms. The summed E-state index contributed by atoms with van der Waals surface area (Å²) in [6.07, 6.45) is 7.67. The first-order chi connectivity index (χ1) is 9.19. The van der Waals surface area contributed by atoms with E-state index >= 15 is 0 Å². The van der Waals surface area contributed by atoms with Crippen molar-refractivity contribution in [2.24, 2.45) is 5.92 Å². The lowest BCUT2D eigenvalue weighted by Gasteiger charge is -2.30. The second-order valence-electron chi connectivity index (χ2n) is 5.96. The van der Waals surface area contributed by atoms with Gasteiger partial charge in [0.15, 0.2) is 0 Å². The SMILES string of the molecule is CCCNC(Cc1ccc(F)cc1C)CC1CCC1. The van der Waals surface area contributed by atoms with Gasteiger partial charge in [0.2, 0.25) is 0 Å². The summed E-state index contributed by atoms with van der Waals surface area (Å²) in [6, 6.07) is 5.74. The zero-order valence-corrected chi connectivity index (χ0v) is 12.2. The maximum Gasteiger partial charge on any atom is 0.123 e. The Morgan fingerprint density at radius 3 is 2.74 bits per heavy atom. The molecule has 0 aliphatic heterocycles. The molecule has 0 saturated heterocycles. The summed E-state index contributed by atoms with van der Waals surface area (Å²) in [7, 11) is 0. The Morgan fingerprint density at radius 2 is 2.16 bits per heavy atom. The minimum absolute atomic E-state index is 0.127. The average Bonchev–Trinajstić information content (AvgIpc) is 2.33. The molecule has 0 spiro atoms. The molecule has 1 nitrogen and oxygen atoms in total. The highest BCUT2D eigenvalue weighted by Crippen LogP contribution is 2.31. The van der Waals surface area contributed by atoms with Crippen molar-refractivity contribution < 1.29 is 4.39 Å². The molecule has 1 atom stereocenters. The highest BCUT2D eigenvalue weighted by molar-refractivity contribution is 5.27. The zero-order valence-electron chi connectivity index (χ0n) is 12.2. The molecule has 0 radical (unpaired) electrons. The lowest BCUT2D eigenvalue weighted by atomic mass is 9.79. The molecular formula is C17H26FN. The van der Waals surface area contributed by atoms with Gasteiger partial charge in [0.1, 0.15) is 5.82 Å². The van der Waals surface area contributed by atoms with Crippen molar-refractivity contribution in [1.29, 1.82) is 0 Å². The minimum Gasteiger partial charge on any atom is -0.314 e. The van der Waals surface area contributed by atoms with E-state index in [9.17, 15) is 4.39 Å². The van der Waals surface area contributed by atoms with Crippen LogP contribution < -0.4 is 5.32 Å². The second kappa shape index (κ2) is 7.04. The molecule has 1 saturated carbocycles. The lowest BCUT2D eigenvalue weighted by Crippen LogP contribution is -2.35. The predicted octanol–water partition coefficient (Wildman–Crippen LogP) is 4.24. The monoisotopic (exact) mass is 263 g/mol. The number of aryl methyl sites for hydroxylation is 1. The molecule has 0 aromatic heterocycles. The van der Waals surface area contributed by atoms with Gasteiger partial charge in [-0.3, -0.25) is 0 Å². The van der Waals surface area contributed by atoms with Crippen LogP contribution >= 0.6 is 0 Å². The van der Waals surface area contributed by atoms with Crippen LogP contribution in [0, 0.1) is 18.7 Å². The first kappa shape index (κ1) is 14.5. The summed E-state index contributed by atoms with van der Waals surface area (Å²) in [4.78, 5) is 0. The summed E-state index contributed by atoms with van der Waals surface area (Å²) in [5.41, 5.74) is 2.37. The molecular weight excluding hydrogens is 237 g/mol. The Hall–Kier alpha value is -0.890. The Morgan fingerprint density at radius 1 is 1.37 bits per heavy atom. The van der Waals surface area contributed by atoms with Gasteiger partial charge >= 0.3 is 0 Å². The summed E-state index contributed by atoms with van der Waals surface area (Å²) in [5.74, 6) is 0.786. The van der Waals surface area contributed by atoms with E-state index in [1.54, 1.807) is 12.1 Å². The third kappa shape index (κ3) is 4.31. The largest absolute Gasteiger partial charge is 0.314 e. The van der Waals surface area contributed by atoms with Crippen LogP contribution in [0.1, 0.15) is 50.2 Å². The summed E-state index contributed by atoms with van der Waals surface area (Å²) < 4.78 is 13.1. The van der Waals surface area contributed by atoms with E-state index in [0.29, 0.717) is 6.04 Å². The third-order valence-corrected chi connectivity index (χ3v) is 4.30. The zero-order chi connectivity index (χ0) is 13.7. The Labute approximate surface area is 116 Å². The maximum absolute atomic E-state index is 13.1. The number of benzene rings is 1. The van der Waals surface area contributed by atoms with E-state index in [4.69, 9.17) is 0 Å². The van der Waals surface area contributed by atoms with Crippen molar-refractivity contribution in [1.82, 2.24) is 5.32 Å². The van der Waals surface area contributed by atoms with Crippen LogP contribution in [-0.2, 0) is 6.42 Å². The van der Waals surface area contributed by atoms with Gasteiger partial charge in [0, 0.05) is 6.04 Å². The Kier molecular flexibility index (Phi) is 5.38. The van der Waals surface area contributed by atoms with Crippen LogP contribution in [0.15, 0.2) is 18.2 Å². The maximum atomic E-state index is 13.1. The van der Waals surface area contributed by atoms with E-state index in [-0.39, 0.29) is 5.82 Å². The van der Waals surface area contributed by atoms with Crippen LogP contribution in [0.3, 0.4) is 0 Å². The van der Waals surface area contributed by atoms with Crippen molar-refractivity contribution in [3.8, 4) is 0 Å². The lowest BCUT2D eigenvalue weighted by molar-refractivity contribution is 0.259. The molecule has 2 heteroatoms. The topological polar surface area (TPSA) is 12.0 Å². The van der Waals surface area contributed by atoms with Gasteiger partial charge in [-0.1, -0.05) is 32.3 Å². The quantitative estimate of drug-likeness (QED) is 0.776. The molecule has 1 aliphatic rings. The number of rotatable bonds is 7. The standard InChI is InChI=1S/C17H26FN/c1-3-9-19-17(11-14-5-4-6-14)12-15-7-8-16(18)10-13(15)2/h7-8,10,14,17,19H,3-6,9,11-12H2,1-2H3. The second-order valence-corrected chi connectivity index (χ2v) is 5.96. The van der Waals surface area contributed by atoms with Crippen LogP contribution in [0.25, 0.3) is 0 Å². The highest BCUT2D eigenvalue weighted by atomic mass is 19.1. The molecule has 1 unspecified atom stereocenters. The molecule has 0 heterocycles. The third-order valence-electron chi connectivity index (χ3n) is 4.30. The van der Waals surface area contributed by atoms with Crippen LogP contribution in [0.4, 0.5) is 4.39 Å². The first-order valence-electron chi connectivity index (χ1n) is 7.67. The molecule has 2 rings (SSSR count). The number of hydrogen-bond acceptors (Lipinski definition) is 1.